The van der Waals surface area contributed by atoms with Crippen LogP contribution in [0, 0.1) is 5.92 Å². The summed E-state index contributed by atoms with van der Waals surface area (Å²) < 4.78 is 0.883. The smallest absolute Gasteiger partial charge is 0.315 e. The van der Waals surface area contributed by atoms with Gasteiger partial charge in [-0.05, 0) is 31.2 Å². The van der Waals surface area contributed by atoms with E-state index in [1.54, 1.807) is 24.3 Å². The molecule has 0 bridgehead atoms. The Labute approximate surface area is 118 Å². The second-order valence-corrected chi connectivity index (χ2v) is 4.75. The third kappa shape index (κ3) is 5.09. The second kappa shape index (κ2) is 6.89. The van der Waals surface area contributed by atoms with Crippen molar-refractivity contribution in [1.82, 2.24) is 5.32 Å². The van der Waals surface area contributed by atoms with Crippen LogP contribution in [-0.2, 0) is 14.4 Å². The highest BCUT2D eigenvalue weighted by Gasteiger charge is 2.20. The molecule has 7 heteroatoms. The zero-order chi connectivity index (χ0) is 14.4. The van der Waals surface area contributed by atoms with Gasteiger partial charge in [0.05, 0.1) is 6.54 Å². The molecule has 0 aliphatic rings. The van der Waals surface area contributed by atoms with Crippen LogP contribution in [0.3, 0.4) is 0 Å². The SMILES string of the molecule is CC(C(=O)O)C(=O)NCC(=O)Nc1ccc(Br)cc1. The van der Waals surface area contributed by atoms with Gasteiger partial charge >= 0.3 is 5.97 Å². The van der Waals surface area contributed by atoms with Gasteiger partial charge in [0.2, 0.25) is 11.8 Å². The summed E-state index contributed by atoms with van der Waals surface area (Å²) in [5.41, 5.74) is 0.591. The number of hydrogen-bond donors (Lipinski definition) is 3. The van der Waals surface area contributed by atoms with Crippen LogP contribution in [0.1, 0.15) is 6.92 Å². The Hall–Kier alpha value is -1.89. The summed E-state index contributed by atoms with van der Waals surface area (Å²) in [7, 11) is 0. The molecular formula is C12H13BrN2O4. The summed E-state index contributed by atoms with van der Waals surface area (Å²) in [5, 5.41) is 13.4. The van der Waals surface area contributed by atoms with Gasteiger partial charge in [0.1, 0.15) is 5.92 Å². The van der Waals surface area contributed by atoms with Crippen molar-refractivity contribution in [3.8, 4) is 0 Å². The topological polar surface area (TPSA) is 95.5 Å². The number of rotatable bonds is 5. The van der Waals surface area contributed by atoms with E-state index in [-0.39, 0.29) is 6.54 Å². The van der Waals surface area contributed by atoms with Crippen LogP contribution in [0.2, 0.25) is 0 Å². The van der Waals surface area contributed by atoms with Gasteiger partial charge in [-0.3, -0.25) is 14.4 Å². The fourth-order valence-electron chi connectivity index (χ4n) is 1.17. The number of carboxylic acid groups (broad SMARTS) is 1. The van der Waals surface area contributed by atoms with E-state index in [2.05, 4.69) is 26.6 Å². The van der Waals surface area contributed by atoms with Crippen LogP contribution >= 0.6 is 15.9 Å². The monoisotopic (exact) mass is 328 g/mol. The predicted molar refractivity (Wildman–Crippen MR) is 72.6 cm³/mol. The van der Waals surface area contributed by atoms with Gasteiger partial charge in [-0.2, -0.15) is 0 Å². The fourth-order valence-corrected chi connectivity index (χ4v) is 1.44. The van der Waals surface area contributed by atoms with Crippen molar-refractivity contribution in [1.29, 1.82) is 0 Å². The van der Waals surface area contributed by atoms with E-state index >= 15 is 0 Å². The quantitative estimate of drug-likeness (QED) is 0.708. The summed E-state index contributed by atoms with van der Waals surface area (Å²) >= 11 is 3.27. The van der Waals surface area contributed by atoms with Crippen molar-refractivity contribution in [2.75, 3.05) is 11.9 Å². The van der Waals surface area contributed by atoms with Crippen LogP contribution in [0.15, 0.2) is 28.7 Å². The maximum atomic E-state index is 11.5. The molecule has 102 valence electrons. The molecule has 2 amide bonds. The Kier molecular flexibility index (Phi) is 5.50. The fraction of sp³-hybridized carbons (Fsp3) is 0.250. The van der Waals surface area contributed by atoms with E-state index in [9.17, 15) is 14.4 Å². The molecule has 0 aliphatic carbocycles. The highest BCUT2D eigenvalue weighted by Crippen LogP contribution is 2.13. The Morgan fingerprint density at radius 3 is 2.37 bits per heavy atom. The highest BCUT2D eigenvalue weighted by molar-refractivity contribution is 9.10. The number of amides is 2. The first-order valence-corrected chi connectivity index (χ1v) is 6.25. The molecule has 1 aromatic rings. The van der Waals surface area contributed by atoms with Crippen molar-refractivity contribution < 1.29 is 19.5 Å². The zero-order valence-corrected chi connectivity index (χ0v) is 11.7. The van der Waals surface area contributed by atoms with Crippen LogP contribution in [0.5, 0.6) is 0 Å². The Bertz CT molecular complexity index is 487. The van der Waals surface area contributed by atoms with Crippen molar-refractivity contribution in [3.05, 3.63) is 28.7 Å². The van der Waals surface area contributed by atoms with Crippen LogP contribution < -0.4 is 10.6 Å². The summed E-state index contributed by atoms with van der Waals surface area (Å²) in [6.07, 6.45) is 0. The summed E-state index contributed by atoms with van der Waals surface area (Å²) in [4.78, 5) is 33.4. The lowest BCUT2D eigenvalue weighted by Gasteiger charge is -2.09. The van der Waals surface area contributed by atoms with Gasteiger partial charge in [0.25, 0.3) is 0 Å². The lowest BCUT2D eigenvalue weighted by molar-refractivity contribution is -0.146. The molecule has 0 heterocycles. The number of aliphatic carboxylic acids is 1. The molecule has 1 atom stereocenters. The van der Waals surface area contributed by atoms with E-state index < -0.39 is 23.7 Å². The van der Waals surface area contributed by atoms with E-state index in [0.717, 1.165) is 4.47 Å². The minimum Gasteiger partial charge on any atom is -0.481 e. The molecule has 6 nitrogen and oxygen atoms in total. The molecule has 19 heavy (non-hydrogen) atoms. The second-order valence-electron chi connectivity index (χ2n) is 3.83. The third-order valence-corrected chi connectivity index (χ3v) is 2.84. The number of carboxylic acids is 1. The van der Waals surface area contributed by atoms with Crippen LogP contribution in [0.25, 0.3) is 0 Å². The van der Waals surface area contributed by atoms with Crippen molar-refractivity contribution >= 4 is 39.4 Å². The maximum Gasteiger partial charge on any atom is 0.315 e. The number of carbonyl (C=O) groups excluding carboxylic acids is 2. The molecule has 0 aliphatic heterocycles. The van der Waals surface area contributed by atoms with E-state index in [4.69, 9.17) is 5.11 Å². The molecule has 0 aromatic heterocycles. The first-order valence-electron chi connectivity index (χ1n) is 5.46. The minimum atomic E-state index is -1.23. The minimum absolute atomic E-state index is 0.271. The molecule has 0 saturated heterocycles. The highest BCUT2D eigenvalue weighted by atomic mass is 79.9. The first-order chi connectivity index (χ1) is 8.90. The van der Waals surface area contributed by atoms with E-state index in [1.165, 1.54) is 6.92 Å². The Morgan fingerprint density at radius 1 is 1.26 bits per heavy atom. The zero-order valence-electron chi connectivity index (χ0n) is 10.1. The van der Waals surface area contributed by atoms with Gasteiger partial charge < -0.3 is 15.7 Å². The number of nitrogens with one attached hydrogen (secondary N) is 2. The van der Waals surface area contributed by atoms with Gasteiger partial charge in [-0.15, -0.1) is 0 Å². The van der Waals surface area contributed by atoms with Gasteiger partial charge in [-0.1, -0.05) is 15.9 Å². The summed E-state index contributed by atoms with van der Waals surface area (Å²) in [6, 6.07) is 6.93. The predicted octanol–water partition coefficient (Wildman–Crippen LogP) is 1.22. The van der Waals surface area contributed by atoms with Crippen LogP contribution in [0.4, 0.5) is 5.69 Å². The average molecular weight is 329 g/mol. The molecule has 3 N–H and O–H groups in total. The van der Waals surface area contributed by atoms with E-state index in [0.29, 0.717) is 5.69 Å². The molecule has 0 fully saturated rings. The average Bonchev–Trinajstić information content (AvgIpc) is 2.37. The molecule has 0 spiro atoms. The van der Waals surface area contributed by atoms with Gasteiger partial charge in [-0.25, -0.2) is 0 Å². The van der Waals surface area contributed by atoms with Crippen LogP contribution in [-0.4, -0.2) is 29.4 Å². The number of hydrogen-bond acceptors (Lipinski definition) is 3. The Morgan fingerprint density at radius 2 is 1.84 bits per heavy atom. The largest absolute Gasteiger partial charge is 0.481 e. The third-order valence-electron chi connectivity index (χ3n) is 2.31. The maximum absolute atomic E-state index is 11.5. The number of carbonyl (C=O) groups is 3. The van der Waals surface area contributed by atoms with E-state index in [1.807, 2.05) is 0 Å². The van der Waals surface area contributed by atoms with Gasteiger partial charge in [0, 0.05) is 10.2 Å². The molecule has 0 saturated carbocycles. The van der Waals surface area contributed by atoms with Crippen molar-refractivity contribution in [2.24, 2.45) is 5.92 Å². The molecule has 1 rings (SSSR count). The number of benzene rings is 1. The molecular weight excluding hydrogens is 316 g/mol. The summed E-state index contributed by atoms with van der Waals surface area (Å²) in [6.45, 7) is 0.983. The normalized spacial score (nSPS) is 11.5. The van der Waals surface area contributed by atoms with Crippen molar-refractivity contribution in [2.45, 2.75) is 6.92 Å². The number of anilines is 1. The summed E-state index contributed by atoms with van der Waals surface area (Å²) in [5.74, 6) is -3.53. The van der Waals surface area contributed by atoms with Gasteiger partial charge in [0.15, 0.2) is 0 Å². The molecule has 0 radical (unpaired) electrons. The molecule has 1 unspecified atom stereocenters. The molecule has 1 aromatic carbocycles. The lowest BCUT2D eigenvalue weighted by atomic mass is 10.2. The first kappa shape index (κ1) is 15.2. The Balaban J connectivity index is 2.42. The lowest BCUT2D eigenvalue weighted by Crippen LogP contribution is -2.38. The van der Waals surface area contributed by atoms with Crippen molar-refractivity contribution in [3.63, 3.8) is 0 Å². The standard InChI is InChI=1S/C12H13BrN2O4/c1-7(12(18)19)11(17)14-6-10(16)15-9-4-2-8(13)3-5-9/h2-5,7H,6H2,1H3,(H,14,17)(H,15,16)(H,18,19). The number of halogens is 1.